The Balaban J connectivity index is 2.16. The average Bonchev–Trinajstić information content (AvgIpc) is 2.80. The van der Waals surface area contributed by atoms with Gasteiger partial charge >= 0.3 is 6.16 Å². The molecule has 2 atom stereocenters. The van der Waals surface area contributed by atoms with Crippen molar-refractivity contribution in [1.29, 1.82) is 0 Å². The van der Waals surface area contributed by atoms with Crippen LogP contribution in [0.15, 0.2) is 0 Å². The topological polar surface area (TPSA) is 47.6 Å². The van der Waals surface area contributed by atoms with Crippen molar-refractivity contribution in [2.75, 3.05) is 6.54 Å². The van der Waals surface area contributed by atoms with E-state index in [1.807, 2.05) is 6.92 Å². The summed E-state index contributed by atoms with van der Waals surface area (Å²) in [5, 5.41) is 3.11. The molecule has 0 amide bonds. The molecule has 0 aromatic carbocycles. The fourth-order valence-electron chi connectivity index (χ4n) is 2.00. The van der Waals surface area contributed by atoms with Crippen molar-refractivity contribution >= 4 is 6.16 Å². The predicted octanol–water partition coefficient (Wildman–Crippen LogP) is 3.21. The van der Waals surface area contributed by atoms with Gasteiger partial charge in [-0.3, -0.25) is 5.32 Å². The van der Waals surface area contributed by atoms with Crippen LogP contribution >= 0.6 is 0 Å². The van der Waals surface area contributed by atoms with Crippen molar-refractivity contribution < 1.29 is 14.3 Å². The summed E-state index contributed by atoms with van der Waals surface area (Å²) in [6, 6.07) is 0. The molecule has 2 unspecified atom stereocenters. The molecule has 100 valence electrons. The lowest BCUT2D eigenvalue weighted by molar-refractivity contribution is -0.00877. The van der Waals surface area contributed by atoms with Crippen LogP contribution in [-0.4, -0.2) is 25.0 Å². The van der Waals surface area contributed by atoms with Crippen LogP contribution in [0, 0.1) is 0 Å². The Morgan fingerprint density at radius 2 is 2.24 bits per heavy atom. The minimum atomic E-state index is -0.521. The van der Waals surface area contributed by atoms with Crippen molar-refractivity contribution in [3.05, 3.63) is 0 Å². The molecule has 1 saturated heterocycles. The molecule has 4 nitrogen and oxygen atoms in total. The maximum absolute atomic E-state index is 11.5. The van der Waals surface area contributed by atoms with E-state index in [2.05, 4.69) is 12.2 Å². The summed E-state index contributed by atoms with van der Waals surface area (Å²) in [6.07, 6.45) is 6.59. The highest BCUT2D eigenvalue weighted by molar-refractivity contribution is 5.60. The highest BCUT2D eigenvalue weighted by atomic mass is 16.7. The maximum atomic E-state index is 11.5. The summed E-state index contributed by atoms with van der Waals surface area (Å²) in [7, 11) is 0. The van der Waals surface area contributed by atoms with Gasteiger partial charge in [0.15, 0.2) is 6.23 Å². The molecular weight excluding hydrogens is 218 g/mol. The molecule has 0 bridgehead atoms. The molecule has 0 saturated carbocycles. The van der Waals surface area contributed by atoms with E-state index in [4.69, 9.17) is 9.47 Å². The lowest BCUT2D eigenvalue weighted by Crippen LogP contribution is -2.29. The maximum Gasteiger partial charge on any atom is 0.510 e. The van der Waals surface area contributed by atoms with Crippen molar-refractivity contribution in [2.24, 2.45) is 0 Å². The molecule has 0 spiro atoms. The Hall–Kier alpha value is -0.770. The van der Waals surface area contributed by atoms with E-state index in [9.17, 15) is 4.79 Å². The lowest BCUT2D eigenvalue weighted by atomic mass is 10.1. The van der Waals surface area contributed by atoms with Crippen molar-refractivity contribution in [1.82, 2.24) is 5.32 Å². The van der Waals surface area contributed by atoms with Gasteiger partial charge in [-0.05, 0) is 38.6 Å². The highest BCUT2D eigenvalue weighted by Gasteiger charge is 2.21. The van der Waals surface area contributed by atoms with E-state index >= 15 is 0 Å². The Morgan fingerprint density at radius 1 is 1.41 bits per heavy atom. The van der Waals surface area contributed by atoms with Crippen molar-refractivity contribution in [3.63, 3.8) is 0 Å². The predicted molar refractivity (Wildman–Crippen MR) is 66.8 cm³/mol. The number of hydrogen-bond donors (Lipinski definition) is 1. The van der Waals surface area contributed by atoms with Gasteiger partial charge in [0.25, 0.3) is 0 Å². The third kappa shape index (κ3) is 5.91. The summed E-state index contributed by atoms with van der Waals surface area (Å²) in [5.74, 6) is 0. The fraction of sp³-hybridized carbons (Fsp3) is 0.923. The molecule has 4 heteroatoms. The van der Waals surface area contributed by atoms with Gasteiger partial charge in [0.2, 0.25) is 0 Å². The summed E-state index contributed by atoms with van der Waals surface area (Å²) in [5.41, 5.74) is 0. The van der Waals surface area contributed by atoms with Gasteiger partial charge in [0.1, 0.15) is 6.10 Å². The Labute approximate surface area is 104 Å². The standard InChI is InChI=1S/C13H25NO3/c1-3-5-6-8-11(4-2)16-13(15)17-12-9-7-10-14-12/h11-12,14H,3-10H2,1-2H3. The number of nitrogens with one attached hydrogen (secondary N) is 1. The first-order chi connectivity index (χ1) is 8.26. The molecule has 1 fully saturated rings. The second-order valence-corrected chi connectivity index (χ2v) is 4.60. The minimum Gasteiger partial charge on any atom is -0.431 e. The van der Waals surface area contributed by atoms with Crippen LogP contribution < -0.4 is 5.32 Å². The Bertz CT molecular complexity index is 215. The number of ether oxygens (including phenoxy) is 2. The summed E-state index contributed by atoms with van der Waals surface area (Å²) >= 11 is 0. The molecule has 0 aliphatic carbocycles. The SMILES string of the molecule is CCCCCC(CC)OC(=O)OC1CCCN1. The van der Waals surface area contributed by atoms with Gasteiger partial charge in [-0.2, -0.15) is 0 Å². The quantitative estimate of drug-likeness (QED) is 0.551. The van der Waals surface area contributed by atoms with Gasteiger partial charge in [-0.25, -0.2) is 4.79 Å². The van der Waals surface area contributed by atoms with Crippen molar-refractivity contribution in [3.8, 4) is 0 Å². The van der Waals surface area contributed by atoms with Crippen LogP contribution in [0.3, 0.4) is 0 Å². The van der Waals surface area contributed by atoms with Gasteiger partial charge in [0.05, 0.1) is 0 Å². The molecule has 1 heterocycles. The van der Waals surface area contributed by atoms with Crippen LogP contribution in [0.2, 0.25) is 0 Å². The fourth-order valence-corrected chi connectivity index (χ4v) is 2.00. The normalized spacial score (nSPS) is 21.2. The van der Waals surface area contributed by atoms with E-state index in [0.29, 0.717) is 0 Å². The molecule has 1 N–H and O–H groups in total. The van der Waals surface area contributed by atoms with Crippen molar-refractivity contribution in [2.45, 2.75) is 71.1 Å². The average molecular weight is 243 g/mol. The van der Waals surface area contributed by atoms with Gasteiger partial charge in [0, 0.05) is 0 Å². The number of carbonyl (C=O) groups is 1. The smallest absolute Gasteiger partial charge is 0.431 e. The molecule has 1 aliphatic heterocycles. The largest absolute Gasteiger partial charge is 0.510 e. The first-order valence-corrected chi connectivity index (χ1v) is 6.86. The zero-order chi connectivity index (χ0) is 12.5. The van der Waals surface area contributed by atoms with Crippen LogP contribution in [0.25, 0.3) is 0 Å². The monoisotopic (exact) mass is 243 g/mol. The van der Waals surface area contributed by atoms with Gasteiger partial charge < -0.3 is 9.47 Å². The number of hydrogen-bond acceptors (Lipinski definition) is 4. The van der Waals surface area contributed by atoms with E-state index in [1.165, 1.54) is 12.8 Å². The second kappa shape index (κ2) is 8.34. The van der Waals surface area contributed by atoms with Crippen LogP contribution in [0.4, 0.5) is 4.79 Å². The van der Waals surface area contributed by atoms with Gasteiger partial charge in [-0.15, -0.1) is 0 Å². The minimum absolute atomic E-state index is 0.00968. The molecule has 0 aromatic heterocycles. The highest BCUT2D eigenvalue weighted by Crippen LogP contribution is 2.13. The second-order valence-electron chi connectivity index (χ2n) is 4.60. The van der Waals surface area contributed by atoms with E-state index < -0.39 is 6.16 Å². The van der Waals surface area contributed by atoms with Gasteiger partial charge in [-0.1, -0.05) is 26.7 Å². The zero-order valence-corrected chi connectivity index (χ0v) is 11.0. The summed E-state index contributed by atoms with van der Waals surface area (Å²) in [6.45, 7) is 5.13. The van der Waals surface area contributed by atoms with Crippen LogP contribution in [-0.2, 0) is 9.47 Å². The van der Waals surface area contributed by atoms with E-state index in [0.717, 1.165) is 38.6 Å². The molecular formula is C13H25NO3. The molecule has 1 aliphatic rings. The van der Waals surface area contributed by atoms with E-state index in [-0.39, 0.29) is 12.3 Å². The number of unbranched alkanes of at least 4 members (excludes halogenated alkanes) is 2. The third-order valence-corrected chi connectivity index (χ3v) is 3.10. The zero-order valence-electron chi connectivity index (χ0n) is 11.0. The summed E-state index contributed by atoms with van der Waals surface area (Å²) < 4.78 is 10.5. The van der Waals surface area contributed by atoms with Crippen LogP contribution in [0.5, 0.6) is 0 Å². The number of carbonyl (C=O) groups excluding carboxylic acids is 1. The molecule has 0 aromatic rings. The molecule has 1 rings (SSSR count). The summed E-state index contributed by atoms with van der Waals surface area (Å²) in [4.78, 5) is 11.5. The number of rotatable bonds is 7. The third-order valence-electron chi connectivity index (χ3n) is 3.10. The lowest BCUT2D eigenvalue weighted by Gasteiger charge is -2.18. The van der Waals surface area contributed by atoms with E-state index in [1.54, 1.807) is 0 Å². The first kappa shape index (κ1) is 14.3. The molecule has 0 radical (unpaired) electrons. The first-order valence-electron chi connectivity index (χ1n) is 6.86. The Morgan fingerprint density at radius 3 is 2.82 bits per heavy atom. The van der Waals surface area contributed by atoms with Crippen LogP contribution in [0.1, 0.15) is 58.8 Å². The molecule has 17 heavy (non-hydrogen) atoms. The Kier molecular flexibility index (Phi) is 7.01.